The summed E-state index contributed by atoms with van der Waals surface area (Å²) in [4.78, 5) is 34.2. The first-order chi connectivity index (χ1) is 8.14. The molecule has 18 heavy (non-hydrogen) atoms. The van der Waals surface area contributed by atoms with Crippen molar-refractivity contribution in [1.82, 2.24) is 0 Å². The van der Waals surface area contributed by atoms with Crippen molar-refractivity contribution in [2.45, 2.75) is 45.1 Å². The quantitative estimate of drug-likeness (QED) is 0.353. The largest absolute Gasteiger partial charge is 0.469 e. The third-order valence-corrected chi connectivity index (χ3v) is 3.17. The van der Waals surface area contributed by atoms with Gasteiger partial charge in [-0.1, -0.05) is 13.3 Å². The summed E-state index contributed by atoms with van der Waals surface area (Å²) in [5, 5.41) is 0. The van der Waals surface area contributed by atoms with E-state index in [2.05, 4.69) is 9.05 Å². The SMILES string of the molecule is CCCC(CCCCOP(=O)(O)O)OP(=O)(O)O. The Kier molecular flexibility index (Phi) is 8.51. The van der Waals surface area contributed by atoms with Crippen LogP contribution in [0.1, 0.15) is 39.0 Å². The third kappa shape index (κ3) is 12.7. The van der Waals surface area contributed by atoms with Gasteiger partial charge in [-0.3, -0.25) is 9.05 Å². The highest BCUT2D eigenvalue weighted by Gasteiger charge is 2.21. The second-order valence-corrected chi connectivity index (χ2v) is 6.26. The molecule has 1 atom stereocenters. The van der Waals surface area contributed by atoms with E-state index in [9.17, 15) is 9.13 Å². The van der Waals surface area contributed by atoms with Crippen molar-refractivity contribution in [3.63, 3.8) is 0 Å². The lowest BCUT2D eigenvalue weighted by atomic mass is 10.1. The van der Waals surface area contributed by atoms with Crippen LogP contribution in [0.3, 0.4) is 0 Å². The lowest BCUT2D eigenvalue weighted by molar-refractivity contribution is 0.115. The van der Waals surface area contributed by atoms with Crippen molar-refractivity contribution in [3.8, 4) is 0 Å². The van der Waals surface area contributed by atoms with Crippen LogP contribution in [0.25, 0.3) is 0 Å². The molecule has 0 aliphatic carbocycles. The molecule has 0 aromatic heterocycles. The molecular formula is C8H20O8P2. The first-order valence-corrected chi connectivity index (χ1v) is 8.64. The van der Waals surface area contributed by atoms with Crippen LogP contribution in [0.2, 0.25) is 0 Å². The zero-order chi connectivity index (χ0) is 14.2. The van der Waals surface area contributed by atoms with Gasteiger partial charge >= 0.3 is 15.6 Å². The first kappa shape index (κ1) is 18.2. The summed E-state index contributed by atoms with van der Waals surface area (Å²) in [6, 6.07) is 0. The van der Waals surface area contributed by atoms with E-state index in [0.717, 1.165) is 6.42 Å². The maximum atomic E-state index is 10.7. The lowest BCUT2D eigenvalue weighted by Crippen LogP contribution is -2.11. The van der Waals surface area contributed by atoms with Gasteiger partial charge in [-0.05, 0) is 25.7 Å². The fourth-order valence-electron chi connectivity index (χ4n) is 1.42. The summed E-state index contributed by atoms with van der Waals surface area (Å²) in [5.41, 5.74) is 0. The number of hydrogen-bond acceptors (Lipinski definition) is 4. The minimum absolute atomic E-state index is 0.0982. The molecule has 10 heteroatoms. The van der Waals surface area contributed by atoms with Crippen LogP contribution in [0.5, 0.6) is 0 Å². The molecule has 8 nitrogen and oxygen atoms in total. The van der Waals surface area contributed by atoms with Gasteiger partial charge in [0.25, 0.3) is 0 Å². The predicted octanol–water partition coefficient (Wildman–Crippen LogP) is 1.54. The predicted molar refractivity (Wildman–Crippen MR) is 63.7 cm³/mol. The number of phosphoric ester groups is 2. The van der Waals surface area contributed by atoms with E-state index in [4.69, 9.17) is 19.6 Å². The minimum atomic E-state index is -4.49. The van der Waals surface area contributed by atoms with E-state index in [1.165, 1.54) is 0 Å². The van der Waals surface area contributed by atoms with Gasteiger partial charge in [0.1, 0.15) is 0 Å². The summed E-state index contributed by atoms with van der Waals surface area (Å²) in [6.07, 6.45) is 1.99. The van der Waals surface area contributed by atoms with Crippen molar-refractivity contribution in [2.75, 3.05) is 6.61 Å². The van der Waals surface area contributed by atoms with Gasteiger partial charge in [-0.15, -0.1) is 0 Å². The number of rotatable bonds is 10. The summed E-state index contributed by atoms with van der Waals surface area (Å²) in [7, 11) is -8.92. The second-order valence-electron chi connectivity index (χ2n) is 3.83. The van der Waals surface area contributed by atoms with Gasteiger partial charge in [0.05, 0.1) is 12.7 Å². The monoisotopic (exact) mass is 306 g/mol. The van der Waals surface area contributed by atoms with Crippen molar-refractivity contribution >= 4 is 15.6 Å². The van der Waals surface area contributed by atoms with E-state index >= 15 is 0 Å². The zero-order valence-electron chi connectivity index (χ0n) is 10.1. The van der Waals surface area contributed by atoms with Crippen molar-refractivity contribution < 1.29 is 37.8 Å². The second kappa shape index (κ2) is 8.40. The Morgan fingerprint density at radius 1 is 1.00 bits per heavy atom. The Hall–Kier alpha value is 0.220. The van der Waals surface area contributed by atoms with Crippen LogP contribution >= 0.6 is 15.6 Å². The molecule has 0 heterocycles. The molecule has 0 aromatic carbocycles. The lowest BCUT2D eigenvalue weighted by Gasteiger charge is -2.17. The van der Waals surface area contributed by atoms with Gasteiger partial charge in [-0.2, -0.15) is 0 Å². The molecule has 0 bridgehead atoms. The topological polar surface area (TPSA) is 134 Å². The molecule has 0 aliphatic rings. The molecule has 0 aromatic rings. The maximum absolute atomic E-state index is 10.7. The molecule has 0 saturated carbocycles. The molecule has 0 radical (unpaired) electrons. The molecule has 0 rings (SSSR count). The van der Waals surface area contributed by atoms with E-state index in [0.29, 0.717) is 25.7 Å². The molecule has 0 saturated heterocycles. The van der Waals surface area contributed by atoms with Gasteiger partial charge in [-0.25, -0.2) is 9.13 Å². The zero-order valence-corrected chi connectivity index (χ0v) is 11.9. The van der Waals surface area contributed by atoms with E-state index < -0.39 is 21.7 Å². The normalized spacial score (nSPS) is 14.7. The Bertz CT molecular complexity index is 308. The average Bonchev–Trinajstić information content (AvgIpc) is 2.13. The molecule has 110 valence electrons. The van der Waals surface area contributed by atoms with Crippen LogP contribution in [0, 0.1) is 0 Å². The van der Waals surface area contributed by atoms with Crippen LogP contribution in [-0.4, -0.2) is 32.3 Å². The van der Waals surface area contributed by atoms with Crippen LogP contribution in [0.4, 0.5) is 0 Å². The van der Waals surface area contributed by atoms with Crippen molar-refractivity contribution in [3.05, 3.63) is 0 Å². The summed E-state index contributed by atoms with van der Waals surface area (Å²) >= 11 is 0. The van der Waals surface area contributed by atoms with Crippen LogP contribution < -0.4 is 0 Å². The summed E-state index contributed by atoms with van der Waals surface area (Å²) in [6.45, 7) is 1.77. The van der Waals surface area contributed by atoms with Gasteiger partial charge in [0.2, 0.25) is 0 Å². The van der Waals surface area contributed by atoms with E-state index in [-0.39, 0.29) is 6.61 Å². The Morgan fingerprint density at radius 3 is 2.06 bits per heavy atom. The highest BCUT2D eigenvalue weighted by molar-refractivity contribution is 7.46. The average molecular weight is 306 g/mol. The Labute approximate surface area is 106 Å². The summed E-state index contributed by atoms with van der Waals surface area (Å²) in [5.74, 6) is 0. The minimum Gasteiger partial charge on any atom is -0.303 e. The van der Waals surface area contributed by atoms with E-state index in [1.54, 1.807) is 0 Å². The molecule has 4 N–H and O–H groups in total. The fraction of sp³-hybridized carbons (Fsp3) is 1.00. The number of phosphoric acid groups is 2. The Balaban J connectivity index is 3.84. The van der Waals surface area contributed by atoms with Crippen molar-refractivity contribution in [2.24, 2.45) is 0 Å². The maximum Gasteiger partial charge on any atom is 0.469 e. The Morgan fingerprint density at radius 2 is 1.61 bits per heavy atom. The smallest absolute Gasteiger partial charge is 0.303 e. The standard InChI is InChI=1S/C8H20O8P2/c1-2-5-8(16-18(12,13)14)6-3-4-7-15-17(9,10)11/h8H,2-7H2,1H3,(H2,9,10,11)(H2,12,13,14). The van der Waals surface area contributed by atoms with Gasteiger partial charge in [0.15, 0.2) is 0 Å². The third-order valence-electron chi connectivity index (χ3n) is 2.08. The van der Waals surface area contributed by atoms with Gasteiger partial charge < -0.3 is 19.6 Å². The van der Waals surface area contributed by atoms with Crippen LogP contribution in [-0.2, 0) is 18.2 Å². The molecule has 0 fully saturated rings. The van der Waals surface area contributed by atoms with Crippen molar-refractivity contribution in [1.29, 1.82) is 0 Å². The molecule has 1 unspecified atom stereocenters. The number of unbranched alkanes of at least 4 members (excludes halogenated alkanes) is 1. The van der Waals surface area contributed by atoms with E-state index in [1.807, 2.05) is 6.92 Å². The summed E-state index contributed by atoms with van der Waals surface area (Å²) < 4.78 is 29.9. The van der Waals surface area contributed by atoms with Gasteiger partial charge in [0, 0.05) is 0 Å². The molecular weight excluding hydrogens is 286 g/mol. The van der Waals surface area contributed by atoms with Crippen LogP contribution in [0.15, 0.2) is 0 Å². The number of hydrogen-bond donors (Lipinski definition) is 4. The fourth-order valence-corrected chi connectivity index (χ4v) is 2.39. The molecule has 0 amide bonds. The molecule has 0 aliphatic heterocycles. The molecule has 0 spiro atoms. The highest BCUT2D eigenvalue weighted by atomic mass is 31.2. The highest BCUT2D eigenvalue weighted by Crippen LogP contribution is 2.40. The first-order valence-electron chi connectivity index (χ1n) is 5.58.